The lowest BCUT2D eigenvalue weighted by molar-refractivity contribution is 0.247. The molecule has 10 nitrogen and oxygen atoms in total. The molecule has 2 aliphatic rings. The fourth-order valence-corrected chi connectivity index (χ4v) is 4.87. The first-order valence-corrected chi connectivity index (χ1v) is 12.8. The van der Waals surface area contributed by atoms with E-state index in [0.717, 1.165) is 36.9 Å². The Balaban J connectivity index is 1.39. The maximum atomic E-state index is 14.7. The molecule has 0 spiro atoms. The third-order valence-corrected chi connectivity index (χ3v) is 6.96. The summed E-state index contributed by atoms with van der Waals surface area (Å²) in [5.41, 5.74) is 2.56. The summed E-state index contributed by atoms with van der Waals surface area (Å²) >= 11 is 0. The number of hydrogen-bond donors (Lipinski definition) is 3. The van der Waals surface area contributed by atoms with Gasteiger partial charge in [0, 0.05) is 48.1 Å². The Morgan fingerprint density at radius 1 is 1.13 bits per heavy atom. The molecule has 1 aliphatic heterocycles. The van der Waals surface area contributed by atoms with Crippen molar-refractivity contribution in [1.82, 2.24) is 10.1 Å². The molecule has 3 heterocycles. The summed E-state index contributed by atoms with van der Waals surface area (Å²) in [4.78, 5) is 34.3. The Labute approximate surface area is 220 Å². The molecule has 3 aromatic rings. The Morgan fingerprint density at radius 2 is 1.89 bits per heavy atom. The minimum absolute atomic E-state index is 0.0646. The highest BCUT2D eigenvalue weighted by Gasteiger charge is 2.37. The molecular formula is C27H32FN7O3. The highest BCUT2D eigenvalue weighted by Crippen LogP contribution is 2.38. The van der Waals surface area contributed by atoms with Gasteiger partial charge in [-0.2, -0.15) is 0 Å². The number of pyridine rings is 1. The van der Waals surface area contributed by atoms with E-state index in [1.54, 1.807) is 24.2 Å². The van der Waals surface area contributed by atoms with Crippen molar-refractivity contribution < 1.29 is 18.5 Å². The van der Waals surface area contributed by atoms with E-state index < -0.39 is 11.8 Å². The topological polar surface area (TPSA) is 116 Å². The van der Waals surface area contributed by atoms with Crippen molar-refractivity contribution >= 4 is 40.8 Å². The third-order valence-electron chi connectivity index (χ3n) is 6.96. The number of fused-ring (bicyclic) bond motifs is 1. The molecule has 38 heavy (non-hydrogen) atoms. The van der Waals surface area contributed by atoms with Crippen LogP contribution in [-0.4, -0.2) is 35.3 Å². The normalized spacial score (nSPS) is 16.0. The first-order valence-electron chi connectivity index (χ1n) is 12.8. The summed E-state index contributed by atoms with van der Waals surface area (Å²) in [5, 5.41) is 12.1. The summed E-state index contributed by atoms with van der Waals surface area (Å²) in [6.45, 7) is 6.19. The van der Waals surface area contributed by atoms with Crippen LogP contribution in [0.1, 0.15) is 57.7 Å². The lowest BCUT2D eigenvalue weighted by atomic mass is 9.92. The smallest absolute Gasteiger partial charge is 0.329 e. The molecule has 1 saturated carbocycles. The van der Waals surface area contributed by atoms with Crippen LogP contribution in [0, 0.1) is 5.82 Å². The van der Waals surface area contributed by atoms with E-state index in [0.29, 0.717) is 17.2 Å². The summed E-state index contributed by atoms with van der Waals surface area (Å²) in [6.07, 6.45) is 5.74. The summed E-state index contributed by atoms with van der Waals surface area (Å²) < 4.78 is 19.9. The van der Waals surface area contributed by atoms with Crippen LogP contribution in [0.25, 0.3) is 0 Å². The lowest BCUT2D eigenvalue weighted by Crippen LogP contribution is -2.51. The zero-order valence-electron chi connectivity index (χ0n) is 22.0. The number of aromatic nitrogens is 2. The van der Waals surface area contributed by atoms with Crippen LogP contribution in [0.4, 0.5) is 42.7 Å². The van der Waals surface area contributed by atoms with Gasteiger partial charge in [0.05, 0.1) is 23.6 Å². The minimum Gasteiger partial charge on any atom is -0.373 e. The molecule has 4 amide bonds. The number of carbonyl (C=O) groups is 2. The number of amides is 4. The summed E-state index contributed by atoms with van der Waals surface area (Å²) in [6, 6.07) is 6.97. The van der Waals surface area contributed by atoms with Crippen molar-refractivity contribution in [2.75, 3.05) is 32.8 Å². The highest BCUT2D eigenvalue weighted by atomic mass is 19.1. The predicted molar refractivity (Wildman–Crippen MR) is 144 cm³/mol. The van der Waals surface area contributed by atoms with Gasteiger partial charge in [-0.05, 0) is 31.0 Å². The van der Waals surface area contributed by atoms with Crippen LogP contribution < -0.4 is 25.8 Å². The number of benzene rings is 1. The number of rotatable bonds is 5. The molecule has 1 aromatic carbocycles. The zero-order valence-corrected chi connectivity index (χ0v) is 22.0. The average Bonchev–Trinajstić information content (AvgIpc) is 3.57. The largest absolute Gasteiger partial charge is 0.373 e. The maximum Gasteiger partial charge on any atom is 0.329 e. The molecule has 1 fully saturated rings. The van der Waals surface area contributed by atoms with Crippen molar-refractivity contribution in [1.29, 1.82) is 0 Å². The van der Waals surface area contributed by atoms with E-state index in [1.807, 2.05) is 31.7 Å². The van der Waals surface area contributed by atoms with Gasteiger partial charge in [-0.3, -0.25) is 15.1 Å². The van der Waals surface area contributed by atoms with Crippen LogP contribution in [0.3, 0.4) is 0 Å². The monoisotopic (exact) mass is 521 g/mol. The molecule has 2 aromatic heterocycles. The highest BCUT2D eigenvalue weighted by molar-refractivity contribution is 6.07. The van der Waals surface area contributed by atoms with Crippen LogP contribution >= 0.6 is 0 Å². The molecule has 5 rings (SSSR count). The SMILES string of the molecule is CNc1cc2c(cn1)CN(c1ccc(F)c(NC(=O)Nc3cc(C(C)(C)C)no3)c1)C(=O)N2C1CCCC1. The second-order valence-corrected chi connectivity index (χ2v) is 10.7. The molecule has 11 heteroatoms. The quantitative estimate of drug-likeness (QED) is 0.375. The molecule has 0 atom stereocenters. The number of hydrogen-bond acceptors (Lipinski definition) is 6. The van der Waals surface area contributed by atoms with Crippen molar-refractivity contribution in [2.24, 2.45) is 0 Å². The maximum absolute atomic E-state index is 14.7. The fraction of sp³-hybridized carbons (Fsp3) is 0.407. The first kappa shape index (κ1) is 25.5. The van der Waals surface area contributed by atoms with Crippen LogP contribution in [0.2, 0.25) is 0 Å². The first-order chi connectivity index (χ1) is 18.1. The van der Waals surface area contributed by atoms with E-state index in [-0.39, 0.29) is 35.6 Å². The second kappa shape index (κ2) is 9.96. The van der Waals surface area contributed by atoms with Crippen LogP contribution in [-0.2, 0) is 12.0 Å². The Kier molecular flexibility index (Phi) is 6.68. The van der Waals surface area contributed by atoms with Crippen LogP contribution in [0.5, 0.6) is 0 Å². The van der Waals surface area contributed by atoms with E-state index >= 15 is 0 Å². The van der Waals surface area contributed by atoms with E-state index in [1.165, 1.54) is 18.2 Å². The number of nitrogens with one attached hydrogen (secondary N) is 3. The van der Waals surface area contributed by atoms with Crippen molar-refractivity contribution in [2.45, 2.75) is 64.5 Å². The van der Waals surface area contributed by atoms with Gasteiger partial charge < -0.3 is 15.2 Å². The van der Waals surface area contributed by atoms with Crippen molar-refractivity contribution in [3.63, 3.8) is 0 Å². The average molecular weight is 522 g/mol. The van der Waals surface area contributed by atoms with Gasteiger partial charge in [-0.15, -0.1) is 0 Å². The van der Waals surface area contributed by atoms with E-state index in [9.17, 15) is 14.0 Å². The molecular weight excluding hydrogens is 489 g/mol. The zero-order chi connectivity index (χ0) is 27.0. The molecule has 3 N–H and O–H groups in total. The molecule has 0 bridgehead atoms. The van der Waals surface area contributed by atoms with Gasteiger partial charge in [-0.1, -0.05) is 38.8 Å². The second-order valence-electron chi connectivity index (χ2n) is 10.7. The van der Waals surface area contributed by atoms with Gasteiger partial charge in [0.2, 0.25) is 5.88 Å². The van der Waals surface area contributed by atoms with Gasteiger partial charge in [0.25, 0.3) is 0 Å². The molecule has 0 radical (unpaired) electrons. The molecule has 200 valence electrons. The fourth-order valence-electron chi connectivity index (χ4n) is 4.87. The Bertz CT molecular complexity index is 1360. The number of halogens is 1. The predicted octanol–water partition coefficient (Wildman–Crippen LogP) is 6.08. The lowest BCUT2D eigenvalue weighted by Gasteiger charge is -2.40. The van der Waals surface area contributed by atoms with Gasteiger partial charge >= 0.3 is 12.1 Å². The standard InChI is InChI=1S/C27H32FN7O3/c1-27(2,3)22-13-24(38-33-22)32-25(36)31-20-11-18(9-10-19(20)28)34-15-16-14-30-23(29-4)12-21(16)35(26(34)37)17-7-5-6-8-17/h9-14,17H,5-8,15H2,1-4H3,(H,29,30)(H2,31,32,36). The third kappa shape index (κ3) is 5.00. The molecule has 0 unspecified atom stereocenters. The number of urea groups is 2. The molecule has 0 saturated heterocycles. The Morgan fingerprint density at radius 3 is 2.58 bits per heavy atom. The number of carbonyl (C=O) groups excluding carboxylic acids is 2. The summed E-state index contributed by atoms with van der Waals surface area (Å²) in [5.74, 6) is 0.204. The Hall–Kier alpha value is -4.15. The minimum atomic E-state index is -0.690. The van der Waals surface area contributed by atoms with Gasteiger partial charge in [0.1, 0.15) is 11.6 Å². The van der Waals surface area contributed by atoms with Gasteiger partial charge in [-0.25, -0.2) is 19.0 Å². The van der Waals surface area contributed by atoms with Gasteiger partial charge in [0.15, 0.2) is 0 Å². The van der Waals surface area contributed by atoms with Crippen LogP contribution in [0.15, 0.2) is 41.1 Å². The van der Waals surface area contributed by atoms with E-state index in [2.05, 4.69) is 26.1 Å². The number of nitrogens with zero attached hydrogens (tertiary/aromatic N) is 4. The summed E-state index contributed by atoms with van der Waals surface area (Å²) in [7, 11) is 1.79. The number of anilines is 5. The molecule has 1 aliphatic carbocycles. The van der Waals surface area contributed by atoms with Crippen molar-refractivity contribution in [3.05, 3.63) is 53.6 Å². The van der Waals surface area contributed by atoms with E-state index in [4.69, 9.17) is 4.52 Å². The van der Waals surface area contributed by atoms with Crippen molar-refractivity contribution in [3.8, 4) is 0 Å².